The second-order valence-electron chi connectivity index (χ2n) is 3.73. The summed E-state index contributed by atoms with van der Waals surface area (Å²) in [5, 5.41) is 9.87. The second kappa shape index (κ2) is 4.70. The number of nitrogens with zero attached hydrogens (tertiary/aromatic N) is 3. The zero-order valence-corrected chi connectivity index (χ0v) is 9.88. The monoisotopic (exact) mass is 215 g/mol. The molecule has 1 aromatic rings. The molecule has 1 N–H and O–H groups in total. The zero-order valence-electron chi connectivity index (χ0n) is 9.06. The van der Waals surface area contributed by atoms with Crippen LogP contribution in [0.3, 0.4) is 0 Å². The lowest BCUT2D eigenvalue weighted by Crippen LogP contribution is -2.31. The first kappa shape index (κ1) is 11.4. The summed E-state index contributed by atoms with van der Waals surface area (Å²) in [4.78, 5) is 6.35. The van der Waals surface area contributed by atoms with E-state index in [1.165, 1.54) is 11.5 Å². The molecule has 0 saturated carbocycles. The van der Waals surface area contributed by atoms with Crippen LogP contribution in [0.25, 0.3) is 0 Å². The highest BCUT2D eigenvalue weighted by atomic mass is 32.1. The van der Waals surface area contributed by atoms with E-state index >= 15 is 0 Å². The Morgan fingerprint density at radius 2 is 2.07 bits per heavy atom. The molecule has 0 fully saturated rings. The molecule has 0 radical (unpaired) electrons. The molecule has 1 heterocycles. The Hall–Kier alpha value is -0.680. The SMILES string of the molecule is CC(C)c1nsc(N(C)C(C)CO)n1. The molecule has 1 rings (SSSR count). The van der Waals surface area contributed by atoms with Crippen molar-refractivity contribution in [3.63, 3.8) is 0 Å². The Morgan fingerprint density at radius 3 is 2.50 bits per heavy atom. The number of aromatic nitrogens is 2. The fraction of sp³-hybridized carbons (Fsp3) is 0.778. The van der Waals surface area contributed by atoms with E-state index in [1.807, 2.05) is 18.9 Å². The van der Waals surface area contributed by atoms with Crippen molar-refractivity contribution in [2.24, 2.45) is 0 Å². The van der Waals surface area contributed by atoms with Gasteiger partial charge in [-0.2, -0.15) is 4.37 Å². The maximum absolute atomic E-state index is 9.00. The molecule has 0 bridgehead atoms. The van der Waals surface area contributed by atoms with Gasteiger partial charge in [0, 0.05) is 24.5 Å². The van der Waals surface area contributed by atoms with Crippen molar-refractivity contribution in [2.45, 2.75) is 32.7 Å². The van der Waals surface area contributed by atoms with Crippen molar-refractivity contribution in [1.82, 2.24) is 9.36 Å². The second-order valence-corrected chi connectivity index (χ2v) is 4.46. The minimum absolute atomic E-state index is 0.0861. The van der Waals surface area contributed by atoms with E-state index in [0.29, 0.717) is 5.92 Å². The van der Waals surface area contributed by atoms with Crippen molar-refractivity contribution < 1.29 is 5.11 Å². The van der Waals surface area contributed by atoms with Gasteiger partial charge < -0.3 is 10.0 Å². The van der Waals surface area contributed by atoms with Crippen molar-refractivity contribution in [3.05, 3.63) is 5.82 Å². The van der Waals surface area contributed by atoms with Crippen molar-refractivity contribution in [2.75, 3.05) is 18.6 Å². The molecule has 80 valence electrons. The van der Waals surface area contributed by atoms with Gasteiger partial charge in [-0.3, -0.25) is 0 Å². The Bertz CT molecular complexity index is 287. The molecule has 0 spiro atoms. The number of hydrogen-bond acceptors (Lipinski definition) is 5. The predicted octanol–water partition coefficient (Wildman–Crippen LogP) is 1.48. The molecule has 1 unspecified atom stereocenters. The molecule has 14 heavy (non-hydrogen) atoms. The van der Waals surface area contributed by atoms with Gasteiger partial charge in [-0.15, -0.1) is 0 Å². The maximum Gasteiger partial charge on any atom is 0.205 e. The standard InChI is InChI=1S/C9H17N3OS/c1-6(2)8-10-9(14-11-8)12(4)7(3)5-13/h6-7,13H,5H2,1-4H3. The Balaban J connectivity index is 2.76. The smallest absolute Gasteiger partial charge is 0.205 e. The first-order valence-electron chi connectivity index (χ1n) is 4.73. The third kappa shape index (κ3) is 2.42. The number of hydrogen-bond donors (Lipinski definition) is 1. The van der Waals surface area contributed by atoms with Gasteiger partial charge >= 0.3 is 0 Å². The van der Waals surface area contributed by atoms with Gasteiger partial charge in [0.25, 0.3) is 0 Å². The normalized spacial score (nSPS) is 13.3. The Morgan fingerprint density at radius 1 is 1.43 bits per heavy atom. The Labute approximate surface area is 88.8 Å². The summed E-state index contributed by atoms with van der Waals surface area (Å²) in [5.74, 6) is 1.24. The molecule has 5 heteroatoms. The fourth-order valence-electron chi connectivity index (χ4n) is 0.915. The average molecular weight is 215 g/mol. The summed E-state index contributed by atoms with van der Waals surface area (Å²) in [5.41, 5.74) is 0. The van der Waals surface area contributed by atoms with E-state index in [4.69, 9.17) is 5.11 Å². The highest BCUT2D eigenvalue weighted by Gasteiger charge is 2.14. The first-order valence-corrected chi connectivity index (χ1v) is 5.51. The van der Waals surface area contributed by atoms with E-state index in [2.05, 4.69) is 23.2 Å². The number of aliphatic hydroxyl groups excluding tert-OH is 1. The lowest BCUT2D eigenvalue weighted by atomic mass is 10.2. The molecular weight excluding hydrogens is 198 g/mol. The van der Waals surface area contributed by atoms with Gasteiger partial charge in [0.15, 0.2) is 0 Å². The minimum Gasteiger partial charge on any atom is -0.394 e. The zero-order chi connectivity index (χ0) is 10.7. The molecule has 0 aliphatic heterocycles. The third-order valence-electron chi connectivity index (χ3n) is 2.17. The van der Waals surface area contributed by atoms with Crippen LogP contribution in [0.4, 0.5) is 5.13 Å². The number of rotatable bonds is 4. The molecule has 0 aliphatic rings. The van der Waals surface area contributed by atoms with E-state index in [1.54, 1.807) is 0 Å². The third-order valence-corrected chi connectivity index (χ3v) is 3.00. The van der Waals surface area contributed by atoms with E-state index in [9.17, 15) is 0 Å². The highest BCUT2D eigenvalue weighted by molar-refractivity contribution is 7.09. The van der Waals surface area contributed by atoms with Gasteiger partial charge in [0.2, 0.25) is 5.13 Å². The lowest BCUT2D eigenvalue weighted by molar-refractivity contribution is 0.270. The van der Waals surface area contributed by atoms with Crippen LogP contribution in [-0.2, 0) is 0 Å². The number of likely N-dealkylation sites (N-methyl/N-ethyl adjacent to an activating group) is 1. The predicted molar refractivity (Wildman–Crippen MR) is 58.9 cm³/mol. The van der Waals surface area contributed by atoms with Gasteiger partial charge in [0.05, 0.1) is 12.6 Å². The van der Waals surface area contributed by atoms with Crippen LogP contribution >= 0.6 is 11.5 Å². The van der Waals surface area contributed by atoms with Gasteiger partial charge in [-0.25, -0.2) is 4.98 Å². The molecule has 0 saturated heterocycles. The number of aliphatic hydroxyl groups is 1. The maximum atomic E-state index is 9.00. The molecule has 0 aromatic carbocycles. The van der Waals surface area contributed by atoms with Crippen LogP contribution in [-0.4, -0.2) is 34.2 Å². The van der Waals surface area contributed by atoms with Crippen LogP contribution in [0.2, 0.25) is 0 Å². The molecule has 4 nitrogen and oxygen atoms in total. The summed E-state index contributed by atoms with van der Waals surface area (Å²) in [7, 11) is 1.92. The van der Waals surface area contributed by atoms with Gasteiger partial charge in [-0.05, 0) is 6.92 Å². The summed E-state index contributed by atoms with van der Waals surface area (Å²) in [6.45, 7) is 6.23. The summed E-state index contributed by atoms with van der Waals surface area (Å²) in [6.07, 6.45) is 0. The molecule has 0 aliphatic carbocycles. The summed E-state index contributed by atoms with van der Waals surface area (Å²) < 4.78 is 4.26. The largest absolute Gasteiger partial charge is 0.394 e. The van der Waals surface area contributed by atoms with E-state index in [-0.39, 0.29) is 12.6 Å². The molecule has 0 amide bonds. The molecular formula is C9H17N3OS. The van der Waals surface area contributed by atoms with E-state index < -0.39 is 0 Å². The van der Waals surface area contributed by atoms with Crippen LogP contribution in [0.5, 0.6) is 0 Å². The molecule has 1 atom stereocenters. The summed E-state index contributed by atoms with van der Waals surface area (Å²) in [6, 6.07) is 0.0861. The fourth-order valence-corrected chi connectivity index (χ4v) is 1.79. The van der Waals surface area contributed by atoms with Gasteiger partial charge in [0.1, 0.15) is 5.82 Å². The quantitative estimate of drug-likeness (QED) is 0.826. The van der Waals surface area contributed by atoms with E-state index in [0.717, 1.165) is 11.0 Å². The first-order chi connectivity index (χ1) is 6.56. The lowest BCUT2D eigenvalue weighted by Gasteiger charge is -2.21. The highest BCUT2D eigenvalue weighted by Crippen LogP contribution is 2.21. The number of anilines is 1. The van der Waals surface area contributed by atoms with Crippen LogP contribution in [0.1, 0.15) is 32.5 Å². The molecule has 1 aromatic heterocycles. The average Bonchev–Trinajstić information content (AvgIpc) is 2.64. The Kier molecular flexibility index (Phi) is 3.83. The van der Waals surface area contributed by atoms with Crippen molar-refractivity contribution >= 4 is 16.7 Å². The van der Waals surface area contributed by atoms with Crippen LogP contribution < -0.4 is 4.90 Å². The van der Waals surface area contributed by atoms with Crippen LogP contribution in [0.15, 0.2) is 0 Å². The van der Waals surface area contributed by atoms with Crippen LogP contribution in [0, 0.1) is 0 Å². The van der Waals surface area contributed by atoms with Gasteiger partial charge in [-0.1, -0.05) is 13.8 Å². The minimum atomic E-state index is 0.0861. The summed E-state index contributed by atoms with van der Waals surface area (Å²) >= 11 is 1.38. The van der Waals surface area contributed by atoms with Crippen molar-refractivity contribution in [1.29, 1.82) is 0 Å². The van der Waals surface area contributed by atoms with Crippen molar-refractivity contribution in [3.8, 4) is 0 Å². The topological polar surface area (TPSA) is 49.2 Å².